The normalized spacial score (nSPS) is 11.2. The van der Waals surface area contributed by atoms with Crippen LogP contribution in [0.25, 0.3) is 0 Å². The monoisotopic (exact) mass is 311 g/mol. The van der Waals surface area contributed by atoms with Gasteiger partial charge in [-0.15, -0.1) is 0 Å². The second kappa shape index (κ2) is 6.11. The van der Waals surface area contributed by atoms with E-state index in [1.54, 1.807) is 6.07 Å². The second-order valence-corrected chi connectivity index (χ2v) is 5.94. The van der Waals surface area contributed by atoms with Gasteiger partial charge in [0.25, 0.3) is 10.0 Å². The Labute approximate surface area is 122 Å². The standard InChI is InChI=1S/C14H14FNO4S/c1-20-14-6-5-11(8-13(14)15)16-21(18,19)12-4-2-3-10(7-12)9-17/h2-8,16-17H,9H2,1H3. The van der Waals surface area contributed by atoms with Gasteiger partial charge in [0.15, 0.2) is 11.6 Å². The maximum atomic E-state index is 13.6. The SMILES string of the molecule is COc1ccc(NS(=O)(=O)c2cccc(CO)c2)cc1F. The van der Waals surface area contributed by atoms with Crippen LogP contribution in [0.15, 0.2) is 47.4 Å². The van der Waals surface area contributed by atoms with Crippen LogP contribution in [0.2, 0.25) is 0 Å². The largest absolute Gasteiger partial charge is 0.494 e. The Balaban J connectivity index is 2.30. The van der Waals surface area contributed by atoms with E-state index >= 15 is 0 Å². The van der Waals surface area contributed by atoms with Crippen molar-refractivity contribution in [3.05, 3.63) is 53.8 Å². The zero-order chi connectivity index (χ0) is 15.5. The third kappa shape index (κ3) is 3.50. The molecule has 7 heteroatoms. The van der Waals surface area contributed by atoms with Gasteiger partial charge in [0, 0.05) is 6.07 Å². The molecule has 2 N–H and O–H groups in total. The molecule has 112 valence electrons. The molecule has 0 atom stereocenters. The van der Waals surface area contributed by atoms with Crippen molar-refractivity contribution in [3.63, 3.8) is 0 Å². The van der Waals surface area contributed by atoms with Gasteiger partial charge in [-0.1, -0.05) is 12.1 Å². The van der Waals surface area contributed by atoms with E-state index in [1.807, 2.05) is 0 Å². The first kappa shape index (κ1) is 15.3. The molecule has 0 saturated heterocycles. The highest BCUT2D eigenvalue weighted by Crippen LogP contribution is 2.23. The third-order valence-corrected chi connectivity index (χ3v) is 4.17. The van der Waals surface area contributed by atoms with E-state index in [4.69, 9.17) is 9.84 Å². The number of aliphatic hydroxyl groups excluding tert-OH is 1. The van der Waals surface area contributed by atoms with Gasteiger partial charge in [0.05, 0.1) is 24.3 Å². The van der Waals surface area contributed by atoms with Crippen LogP contribution in [0.5, 0.6) is 5.75 Å². The quantitative estimate of drug-likeness (QED) is 0.887. The first-order valence-electron chi connectivity index (χ1n) is 6.02. The predicted octanol–water partition coefficient (Wildman–Crippen LogP) is 2.13. The molecule has 2 aromatic rings. The summed E-state index contributed by atoms with van der Waals surface area (Å²) in [6, 6.07) is 9.63. The van der Waals surface area contributed by atoms with Crippen LogP contribution in [-0.2, 0) is 16.6 Å². The molecule has 5 nitrogen and oxygen atoms in total. The van der Waals surface area contributed by atoms with Crippen LogP contribution in [0.1, 0.15) is 5.56 Å². The lowest BCUT2D eigenvalue weighted by Gasteiger charge is -2.10. The molecular formula is C14H14FNO4S. The lowest BCUT2D eigenvalue weighted by molar-refractivity contribution is 0.281. The van der Waals surface area contributed by atoms with Gasteiger partial charge in [-0.2, -0.15) is 0 Å². The van der Waals surface area contributed by atoms with Crippen molar-refractivity contribution in [1.82, 2.24) is 0 Å². The molecule has 0 unspecified atom stereocenters. The molecule has 0 aromatic heterocycles. The van der Waals surface area contributed by atoms with Gasteiger partial charge in [-0.25, -0.2) is 12.8 Å². The highest BCUT2D eigenvalue weighted by molar-refractivity contribution is 7.92. The number of rotatable bonds is 5. The Morgan fingerprint density at radius 3 is 2.62 bits per heavy atom. The molecular weight excluding hydrogens is 297 g/mol. The summed E-state index contributed by atoms with van der Waals surface area (Å²) in [7, 11) is -2.53. The molecule has 2 rings (SSSR count). The van der Waals surface area contributed by atoms with E-state index in [2.05, 4.69) is 4.72 Å². The van der Waals surface area contributed by atoms with Gasteiger partial charge >= 0.3 is 0 Å². The number of methoxy groups -OCH3 is 1. The van der Waals surface area contributed by atoms with Gasteiger partial charge in [0.1, 0.15) is 0 Å². The highest BCUT2D eigenvalue weighted by atomic mass is 32.2. The molecule has 0 spiro atoms. The van der Waals surface area contributed by atoms with Crippen molar-refractivity contribution >= 4 is 15.7 Å². The summed E-state index contributed by atoms with van der Waals surface area (Å²) in [4.78, 5) is -0.00900. The fourth-order valence-corrected chi connectivity index (χ4v) is 2.87. The minimum Gasteiger partial charge on any atom is -0.494 e. The van der Waals surface area contributed by atoms with E-state index in [9.17, 15) is 12.8 Å². The number of benzene rings is 2. The van der Waals surface area contributed by atoms with Crippen molar-refractivity contribution in [1.29, 1.82) is 0 Å². The summed E-state index contributed by atoms with van der Waals surface area (Å²) in [6.45, 7) is -0.263. The number of hydrogen-bond donors (Lipinski definition) is 2. The Bertz CT molecular complexity index is 746. The summed E-state index contributed by atoms with van der Waals surface area (Å²) in [5.74, 6) is -0.637. The van der Waals surface area contributed by atoms with E-state index in [0.29, 0.717) is 5.56 Å². The molecule has 0 aliphatic rings. The summed E-state index contributed by atoms with van der Waals surface area (Å²) < 4.78 is 45.0. The highest BCUT2D eigenvalue weighted by Gasteiger charge is 2.15. The van der Waals surface area contributed by atoms with Crippen molar-refractivity contribution < 1.29 is 22.7 Å². The number of aliphatic hydroxyl groups is 1. The lowest BCUT2D eigenvalue weighted by Crippen LogP contribution is -2.13. The number of hydrogen-bond acceptors (Lipinski definition) is 4. The molecule has 0 radical (unpaired) electrons. The number of anilines is 1. The molecule has 0 aliphatic heterocycles. The molecule has 0 fully saturated rings. The molecule has 0 heterocycles. The molecule has 0 saturated carbocycles. The van der Waals surface area contributed by atoms with Crippen molar-refractivity contribution in [3.8, 4) is 5.75 Å². The molecule has 0 bridgehead atoms. The first-order chi connectivity index (χ1) is 9.96. The maximum absolute atomic E-state index is 13.6. The van der Waals surface area contributed by atoms with E-state index in [1.165, 1.54) is 37.4 Å². The van der Waals surface area contributed by atoms with E-state index in [-0.39, 0.29) is 22.9 Å². The Morgan fingerprint density at radius 2 is 2.00 bits per heavy atom. The molecule has 2 aromatic carbocycles. The van der Waals surface area contributed by atoms with Gasteiger partial charge < -0.3 is 9.84 Å². The predicted molar refractivity (Wildman–Crippen MR) is 76.1 cm³/mol. The van der Waals surface area contributed by atoms with Crippen molar-refractivity contribution in [2.75, 3.05) is 11.8 Å². The zero-order valence-corrected chi connectivity index (χ0v) is 12.0. The van der Waals surface area contributed by atoms with Crippen LogP contribution >= 0.6 is 0 Å². The Kier molecular flexibility index (Phi) is 4.44. The van der Waals surface area contributed by atoms with E-state index < -0.39 is 15.8 Å². The number of nitrogens with one attached hydrogen (secondary N) is 1. The minimum absolute atomic E-state index is 0.00900. The van der Waals surface area contributed by atoms with Gasteiger partial charge in [-0.3, -0.25) is 4.72 Å². The number of sulfonamides is 1. The zero-order valence-electron chi connectivity index (χ0n) is 11.2. The minimum atomic E-state index is -3.85. The smallest absolute Gasteiger partial charge is 0.261 e. The topological polar surface area (TPSA) is 75.6 Å². The van der Waals surface area contributed by atoms with E-state index in [0.717, 1.165) is 6.07 Å². The average molecular weight is 311 g/mol. The van der Waals surface area contributed by atoms with Gasteiger partial charge in [-0.05, 0) is 29.8 Å². The summed E-state index contributed by atoms with van der Waals surface area (Å²) in [5.41, 5.74) is 0.557. The fourth-order valence-electron chi connectivity index (χ4n) is 1.75. The van der Waals surface area contributed by atoms with Crippen LogP contribution in [0, 0.1) is 5.82 Å². The summed E-state index contributed by atoms with van der Waals surface area (Å²) in [6.07, 6.45) is 0. The number of ether oxygens (including phenoxy) is 1. The first-order valence-corrected chi connectivity index (χ1v) is 7.51. The van der Waals surface area contributed by atoms with Gasteiger partial charge in [0.2, 0.25) is 0 Å². The van der Waals surface area contributed by atoms with Crippen LogP contribution in [-0.4, -0.2) is 20.6 Å². The van der Waals surface area contributed by atoms with Crippen LogP contribution in [0.3, 0.4) is 0 Å². The Hall–Kier alpha value is -2.12. The Morgan fingerprint density at radius 1 is 1.24 bits per heavy atom. The van der Waals surface area contributed by atoms with Crippen LogP contribution in [0.4, 0.5) is 10.1 Å². The van der Waals surface area contributed by atoms with Crippen molar-refractivity contribution in [2.24, 2.45) is 0 Å². The summed E-state index contributed by atoms with van der Waals surface area (Å²) in [5, 5.41) is 9.03. The second-order valence-electron chi connectivity index (χ2n) is 4.26. The number of halogens is 1. The fraction of sp³-hybridized carbons (Fsp3) is 0.143. The molecule has 21 heavy (non-hydrogen) atoms. The average Bonchev–Trinajstić information content (AvgIpc) is 2.47. The maximum Gasteiger partial charge on any atom is 0.261 e. The van der Waals surface area contributed by atoms with Crippen molar-refractivity contribution in [2.45, 2.75) is 11.5 Å². The lowest BCUT2D eigenvalue weighted by atomic mass is 10.2. The van der Waals surface area contributed by atoms with Crippen LogP contribution < -0.4 is 9.46 Å². The third-order valence-electron chi connectivity index (χ3n) is 2.80. The summed E-state index contributed by atoms with van der Waals surface area (Å²) >= 11 is 0. The molecule has 0 aliphatic carbocycles. The molecule has 0 amide bonds.